The molecule has 44 heavy (non-hydrogen) atoms. The Labute approximate surface area is 272 Å². The summed E-state index contributed by atoms with van der Waals surface area (Å²) in [6.45, 7) is 4.28. The summed E-state index contributed by atoms with van der Waals surface area (Å²) in [6, 6.07) is 0. The third-order valence-electron chi connectivity index (χ3n) is 7.83. The predicted molar refractivity (Wildman–Crippen MR) is 190 cm³/mol. The van der Waals surface area contributed by atoms with Crippen LogP contribution in [0.3, 0.4) is 0 Å². The number of unbranched alkanes of at least 4 members (excludes halogenated alkanes) is 14. The van der Waals surface area contributed by atoms with Crippen molar-refractivity contribution in [1.29, 1.82) is 0 Å². The number of allylic oxidation sites excluding steroid dienone is 10. The number of esters is 1. The lowest BCUT2D eigenvalue weighted by molar-refractivity contribution is -0.149. The van der Waals surface area contributed by atoms with Gasteiger partial charge in [0.15, 0.2) is 0 Å². The quantitative estimate of drug-likeness (QED) is 0.0466. The maximum Gasteiger partial charge on any atom is 0.306 e. The molecule has 252 valence electrons. The summed E-state index contributed by atoms with van der Waals surface area (Å²) in [5.74, 6) is -0.710. The highest BCUT2D eigenvalue weighted by Crippen LogP contribution is 2.16. The van der Waals surface area contributed by atoms with E-state index < -0.39 is 5.97 Å². The number of carboxylic acids is 1. The summed E-state index contributed by atoms with van der Waals surface area (Å²) in [5.41, 5.74) is 0. The maximum absolute atomic E-state index is 12.3. The van der Waals surface area contributed by atoms with Crippen LogP contribution in [0.1, 0.15) is 174 Å². The van der Waals surface area contributed by atoms with Gasteiger partial charge in [0.25, 0.3) is 0 Å². The van der Waals surface area contributed by atoms with Crippen LogP contribution in [-0.2, 0) is 14.3 Å². The van der Waals surface area contributed by atoms with E-state index in [1.165, 1.54) is 70.6 Å². The van der Waals surface area contributed by atoms with Gasteiger partial charge < -0.3 is 9.84 Å². The Kier molecular flexibility index (Phi) is 33.2. The van der Waals surface area contributed by atoms with Crippen LogP contribution in [0.15, 0.2) is 60.8 Å². The average molecular weight is 613 g/mol. The molecule has 0 aromatic carbocycles. The Morgan fingerprint density at radius 3 is 1.36 bits per heavy atom. The minimum atomic E-state index is -0.671. The van der Waals surface area contributed by atoms with Crippen molar-refractivity contribution in [2.45, 2.75) is 180 Å². The molecule has 1 N–H and O–H groups in total. The number of rotatable bonds is 32. The van der Waals surface area contributed by atoms with E-state index >= 15 is 0 Å². The molecule has 0 amide bonds. The first-order chi connectivity index (χ1) is 21.6. The van der Waals surface area contributed by atoms with Crippen molar-refractivity contribution in [2.24, 2.45) is 0 Å². The molecule has 0 aliphatic carbocycles. The first kappa shape index (κ1) is 41.6. The summed E-state index contributed by atoms with van der Waals surface area (Å²) in [5, 5.41) is 8.65. The molecule has 0 radical (unpaired) electrons. The second-order valence-electron chi connectivity index (χ2n) is 12.0. The van der Waals surface area contributed by atoms with Crippen LogP contribution in [0.25, 0.3) is 0 Å². The van der Waals surface area contributed by atoms with Gasteiger partial charge in [0, 0.05) is 12.8 Å². The van der Waals surface area contributed by atoms with E-state index in [4.69, 9.17) is 9.84 Å². The zero-order chi connectivity index (χ0) is 32.2. The van der Waals surface area contributed by atoms with Gasteiger partial charge in [-0.2, -0.15) is 0 Å². The SMILES string of the molecule is CC/C=C\C/C=C\C/C=C\C/C=C\C/C=C\CCCC(=O)OC(CC)CCCCCCCCCCCCCCCCC(=O)O. The molecular weight excluding hydrogens is 544 g/mol. The molecule has 0 aliphatic rings. The lowest BCUT2D eigenvalue weighted by Crippen LogP contribution is -2.17. The summed E-state index contributed by atoms with van der Waals surface area (Å²) in [6.07, 6.45) is 48.9. The molecule has 0 bridgehead atoms. The zero-order valence-corrected chi connectivity index (χ0v) is 28.7. The van der Waals surface area contributed by atoms with Crippen molar-refractivity contribution < 1.29 is 19.4 Å². The van der Waals surface area contributed by atoms with Crippen LogP contribution in [0.2, 0.25) is 0 Å². The van der Waals surface area contributed by atoms with Crippen molar-refractivity contribution in [3.8, 4) is 0 Å². The zero-order valence-electron chi connectivity index (χ0n) is 28.7. The van der Waals surface area contributed by atoms with E-state index in [9.17, 15) is 9.59 Å². The molecule has 4 heteroatoms. The van der Waals surface area contributed by atoms with Gasteiger partial charge in [-0.05, 0) is 70.6 Å². The van der Waals surface area contributed by atoms with Crippen LogP contribution in [0, 0.1) is 0 Å². The van der Waals surface area contributed by atoms with E-state index in [-0.39, 0.29) is 12.1 Å². The number of carbonyl (C=O) groups excluding carboxylic acids is 1. The van der Waals surface area contributed by atoms with E-state index in [1.54, 1.807) is 0 Å². The van der Waals surface area contributed by atoms with E-state index in [1.807, 2.05) is 0 Å². The third-order valence-corrected chi connectivity index (χ3v) is 7.83. The monoisotopic (exact) mass is 613 g/mol. The van der Waals surface area contributed by atoms with E-state index in [2.05, 4.69) is 74.6 Å². The number of carbonyl (C=O) groups is 2. The molecule has 0 heterocycles. The van der Waals surface area contributed by atoms with Crippen LogP contribution in [-0.4, -0.2) is 23.1 Å². The molecule has 0 rings (SSSR count). The van der Waals surface area contributed by atoms with E-state index in [0.29, 0.717) is 12.8 Å². The normalized spacial score (nSPS) is 13.0. The lowest BCUT2D eigenvalue weighted by atomic mass is 10.0. The first-order valence-corrected chi connectivity index (χ1v) is 18.3. The summed E-state index contributed by atoms with van der Waals surface area (Å²) < 4.78 is 5.75. The molecule has 4 nitrogen and oxygen atoms in total. The fourth-order valence-corrected chi connectivity index (χ4v) is 5.09. The van der Waals surface area contributed by atoms with Crippen molar-refractivity contribution >= 4 is 11.9 Å². The number of hydrogen-bond acceptors (Lipinski definition) is 3. The Morgan fingerprint density at radius 1 is 0.523 bits per heavy atom. The molecule has 0 saturated carbocycles. The minimum Gasteiger partial charge on any atom is -0.481 e. The molecule has 0 aliphatic heterocycles. The Balaban J connectivity index is 3.58. The van der Waals surface area contributed by atoms with Crippen LogP contribution < -0.4 is 0 Å². The second-order valence-corrected chi connectivity index (χ2v) is 12.0. The van der Waals surface area contributed by atoms with Crippen LogP contribution in [0.4, 0.5) is 0 Å². The van der Waals surface area contributed by atoms with Gasteiger partial charge in [-0.1, -0.05) is 152 Å². The standard InChI is InChI=1S/C40H68O4/c1-3-5-6-7-8-9-10-11-12-13-14-19-22-25-28-31-34-37-40(43)44-38(4-2)35-32-29-26-23-20-17-15-16-18-21-24-27-30-33-36-39(41)42/h5-6,8-9,11-12,14,19,25,28,38H,3-4,7,10,13,15-18,20-24,26-27,29-37H2,1-2H3,(H,41,42)/b6-5-,9-8-,12-11-,19-14-,28-25-. The Bertz CT molecular complexity index is 789. The van der Waals surface area contributed by atoms with Gasteiger partial charge in [0.05, 0.1) is 0 Å². The number of ether oxygens (including phenoxy) is 1. The molecule has 1 unspecified atom stereocenters. The Hall–Kier alpha value is -2.36. The smallest absolute Gasteiger partial charge is 0.306 e. The highest BCUT2D eigenvalue weighted by atomic mass is 16.5. The second kappa shape index (κ2) is 35.1. The molecule has 1 atom stereocenters. The van der Waals surface area contributed by atoms with Gasteiger partial charge in [0.1, 0.15) is 6.10 Å². The Morgan fingerprint density at radius 2 is 0.932 bits per heavy atom. The molecule has 0 aromatic heterocycles. The summed E-state index contributed by atoms with van der Waals surface area (Å²) >= 11 is 0. The molecule has 0 spiro atoms. The predicted octanol–water partition coefficient (Wildman–Crippen LogP) is 12.6. The van der Waals surface area contributed by atoms with Gasteiger partial charge >= 0.3 is 11.9 Å². The van der Waals surface area contributed by atoms with Crippen LogP contribution >= 0.6 is 0 Å². The number of hydrogen-bond donors (Lipinski definition) is 1. The third kappa shape index (κ3) is 34.1. The highest BCUT2D eigenvalue weighted by Gasteiger charge is 2.11. The van der Waals surface area contributed by atoms with Crippen LogP contribution in [0.5, 0.6) is 0 Å². The highest BCUT2D eigenvalue weighted by molar-refractivity contribution is 5.69. The molecule has 0 saturated heterocycles. The largest absolute Gasteiger partial charge is 0.481 e. The van der Waals surface area contributed by atoms with Crippen molar-refractivity contribution in [3.05, 3.63) is 60.8 Å². The number of aliphatic carboxylic acids is 1. The maximum atomic E-state index is 12.3. The fourth-order valence-electron chi connectivity index (χ4n) is 5.09. The van der Waals surface area contributed by atoms with Crippen molar-refractivity contribution in [2.75, 3.05) is 0 Å². The average Bonchev–Trinajstić information content (AvgIpc) is 3.01. The van der Waals surface area contributed by atoms with E-state index in [0.717, 1.165) is 77.0 Å². The molecule has 0 fully saturated rings. The van der Waals surface area contributed by atoms with Crippen molar-refractivity contribution in [3.63, 3.8) is 0 Å². The summed E-state index contributed by atoms with van der Waals surface area (Å²) in [7, 11) is 0. The van der Waals surface area contributed by atoms with Gasteiger partial charge in [-0.25, -0.2) is 0 Å². The topological polar surface area (TPSA) is 63.6 Å². The minimum absolute atomic E-state index is 0.0395. The first-order valence-electron chi connectivity index (χ1n) is 18.3. The number of carboxylic acid groups (broad SMARTS) is 1. The summed E-state index contributed by atoms with van der Waals surface area (Å²) in [4.78, 5) is 22.8. The van der Waals surface area contributed by atoms with Crippen molar-refractivity contribution in [1.82, 2.24) is 0 Å². The molecular formula is C40H68O4. The fraction of sp³-hybridized carbons (Fsp3) is 0.700. The van der Waals surface area contributed by atoms with Gasteiger partial charge in [-0.3, -0.25) is 9.59 Å². The van der Waals surface area contributed by atoms with Gasteiger partial charge in [-0.15, -0.1) is 0 Å². The lowest BCUT2D eigenvalue weighted by Gasteiger charge is -2.16. The molecule has 0 aromatic rings. The van der Waals surface area contributed by atoms with Gasteiger partial charge in [0.2, 0.25) is 0 Å².